The number of carbonyl (C=O) groups excluding carboxylic acids is 2. The summed E-state index contributed by atoms with van der Waals surface area (Å²) in [5.74, 6) is -0.331. The maximum atomic E-state index is 14.0. The molecule has 3 aromatic rings. The van der Waals surface area contributed by atoms with Crippen molar-refractivity contribution >= 4 is 39.1 Å². The van der Waals surface area contributed by atoms with Crippen LogP contribution >= 0.6 is 11.6 Å². The van der Waals surface area contributed by atoms with Crippen molar-refractivity contribution in [3.8, 4) is 11.5 Å². The average molecular weight is 602 g/mol. The first kappa shape index (κ1) is 31.8. The first-order chi connectivity index (χ1) is 19.4. The molecule has 0 fully saturated rings. The Morgan fingerprint density at radius 3 is 2.07 bits per heavy atom. The number of benzene rings is 3. The standard InChI is InChI=1S/C30H36ClN3O6S/c1-20(2)32-30(36)22(4)33(18-23-9-7-21(3)8-10-23)29(35)19-34(25-13-11-24(31)12-14-25)41(37,38)26-15-16-27(39-5)28(17-26)40-6/h7-17,20,22H,18-19H2,1-6H3,(H,32,36)/t22-/m0/s1. The highest BCUT2D eigenvalue weighted by Gasteiger charge is 2.33. The van der Waals surface area contributed by atoms with Crippen LogP contribution in [-0.4, -0.2) is 58.0 Å². The molecule has 0 aliphatic heterocycles. The SMILES string of the molecule is COc1ccc(S(=O)(=O)N(CC(=O)N(Cc2ccc(C)cc2)[C@@H](C)C(=O)NC(C)C)c2ccc(Cl)cc2)cc1OC. The third kappa shape index (κ3) is 7.92. The molecule has 0 aliphatic carbocycles. The molecule has 9 nitrogen and oxygen atoms in total. The molecule has 3 aromatic carbocycles. The quantitative estimate of drug-likeness (QED) is 0.320. The number of hydrogen-bond donors (Lipinski definition) is 1. The normalized spacial score (nSPS) is 12.0. The molecule has 3 rings (SSSR count). The number of anilines is 1. The second kappa shape index (κ2) is 13.7. The van der Waals surface area contributed by atoms with Crippen molar-refractivity contribution in [3.63, 3.8) is 0 Å². The van der Waals surface area contributed by atoms with Gasteiger partial charge in [-0.15, -0.1) is 0 Å². The van der Waals surface area contributed by atoms with Crippen molar-refractivity contribution in [3.05, 3.63) is 82.9 Å². The summed E-state index contributed by atoms with van der Waals surface area (Å²) in [4.78, 5) is 28.3. The molecule has 0 saturated heterocycles. The van der Waals surface area contributed by atoms with Gasteiger partial charge >= 0.3 is 0 Å². The number of rotatable bonds is 12. The van der Waals surface area contributed by atoms with Gasteiger partial charge in [0.25, 0.3) is 10.0 Å². The lowest BCUT2D eigenvalue weighted by Crippen LogP contribution is -2.52. The monoisotopic (exact) mass is 601 g/mol. The predicted octanol–water partition coefficient (Wildman–Crippen LogP) is 4.80. The Bertz CT molecular complexity index is 1460. The number of amides is 2. The molecule has 0 spiro atoms. The number of hydrogen-bond acceptors (Lipinski definition) is 6. The van der Waals surface area contributed by atoms with Crippen LogP contribution in [0, 0.1) is 6.92 Å². The van der Waals surface area contributed by atoms with E-state index >= 15 is 0 Å². The Labute approximate surface area is 247 Å². The van der Waals surface area contributed by atoms with E-state index in [1.165, 1.54) is 49.5 Å². The van der Waals surface area contributed by atoms with Gasteiger partial charge < -0.3 is 19.7 Å². The molecular formula is C30H36ClN3O6S. The zero-order chi connectivity index (χ0) is 30.3. The molecule has 0 heterocycles. The summed E-state index contributed by atoms with van der Waals surface area (Å²) in [6.45, 7) is 6.78. The van der Waals surface area contributed by atoms with Crippen LogP contribution < -0.4 is 19.1 Å². The Hall–Kier alpha value is -3.76. The fourth-order valence-electron chi connectivity index (χ4n) is 4.12. The number of nitrogens with one attached hydrogen (secondary N) is 1. The van der Waals surface area contributed by atoms with Crippen molar-refractivity contribution in [2.45, 2.75) is 51.2 Å². The van der Waals surface area contributed by atoms with E-state index in [-0.39, 0.29) is 34.8 Å². The zero-order valence-electron chi connectivity index (χ0n) is 24.0. The Morgan fingerprint density at radius 1 is 0.902 bits per heavy atom. The van der Waals surface area contributed by atoms with Gasteiger partial charge in [0.15, 0.2) is 11.5 Å². The molecule has 220 valence electrons. The fraction of sp³-hybridized carbons (Fsp3) is 0.333. The molecule has 0 aliphatic rings. The van der Waals surface area contributed by atoms with E-state index in [2.05, 4.69) is 5.32 Å². The Balaban J connectivity index is 2.06. The number of sulfonamides is 1. The highest BCUT2D eigenvalue weighted by Crippen LogP contribution is 2.32. The third-order valence-corrected chi connectivity index (χ3v) is 8.43. The first-order valence-corrected chi connectivity index (χ1v) is 14.8. The number of ether oxygens (including phenoxy) is 2. The molecule has 0 radical (unpaired) electrons. The molecule has 2 amide bonds. The van der Waals surface area contributed by atoms with Gasteiger partial charge in [-0.3, -0.25) is 13.9 Å². The number of nitrogens with zero attached hydrogens (tertiary/aromatic N) is 2. The maximum Gasteiger partial charge on any atom is 0.264 e. The van der Waals surface area contributed by atoms with E-state index in [4.69, 9.17) is 21.1 Å². The number of carbonyl (C=O) groups is 2. The van der Waals surface area contributed by atoms with Crippen molar-refractivity contribution < 1.29 is 27.5 Å². The lowest BCUT2D eigenvalue weighted by Gasteiger charge is -2.32. The van der Waals surface area contributed by atoms with E-state index in [0.717, 1.165) is 15.4 Å². The van der Waals surface area contributed by atoms with Gasteiger partial charge in [0.05, 0.1) is 24.8 Å². The van der Waals surface area contributed by atoms with Crippen LogP contribution in [0.25, 0.3) is 0 Å². The molecular weight excluding hydrogens is 566 g/mol. The summed E-state index contributed by atoms with van der Waals surface area (Å²) in [6, 6.07) is 16.9. The molecule has 0 saturated carbocycles. The highest BCUT2D eigenvalue weighted by molar-refractivity contribution is 7.92. The molecule has 0 bridgehead atoms. The minimum absolute atomic E-state index is 0.103. The van der Waals surface area contributed by atoms with Crippen molar-refractivity contribution in [1.82, 2.24) is 10.2 Å². The van der Waals surface area contributed by atoms with Gasteiger partial charge in [-0.05, 0) is 69.7 Å². The summed E-state index contributed by atoms with van der Waals surface area (Å²) < 4.78 is 39.6. The molecule has 1 N–H and O–H groups in total. The van der Waals surface area contributed by atoms with E-state index in [1.54, 1.807) is 19.1 Å². The van der Waals surface area contributed by atoms with Crippen LogP contribution in [0.15, 0.2) is 71.6 Å². The summed E-state index contributed by atoms with van der Waals surface area (Å²) in [6.07, 6.45) is 0. The molecule has 0 aromatic heterocycles. The molecule has 0 unspecified atom stereocenters. The largest absolute Gasteiger partial charge is 0.493 e. The van der Waals surface area contributed by atoms with E-state index in [9.17, 15) is 18.0 Å². The summed E-state index contributed by atoms with van der Waals surface area (Å²) >= 11 is 6.08. The van der Waals surface area contributed by atoms with Gasteiger partial charge in [0.1, 0.15) is 12.6 Å². The predicted molar refractivity (Wildman–Crippen MR) is 160 cm³/mol. The number of halogens is 1. The zero-order valence-corrected chi connectivity index (χ0v) is 25.6. The van der Waals surface area contributed by atoms with Gasteiger partial charge in [-0.2, -0.15) is 0 Å². The van der Waals surface area contributed by atoms with E-state index in [1.807, 2.05) is 45.0 Å². The van der Waals surface area contributed by atoms with Gasteiger partial charge in [-0.1, -0.05) is 41.4 Å². The maximum absolute atomic E-state index is 14.0. The summed E-state index contributed by atoms with van der Waals surface area (Å²) in [5.41, 5.74) is 2.08. The van der Waals surface area contributed by atoms with Crippen LogP contribution in [0.3, 0.4) is 0 Å². The van der Waals surface area contributed by atoms with Crippen LogP contribution in [0.1, 0.15) is 31.9 Å². The number of aryl methyl sites for hydroxylation is 1. The van der Waals surface area contributed by atoms with Gasteiger partial charge in [0.2, 0.25) is 11.8 Å². The smallest absolute Gasteiger partial charge is 0.264 e. The van der Waals surface area contributed by atoms with Crippen molar-refractivity contribution in [2.75, 3.05) is 25.1 Å². The topological polar surface area (TPSA) is 105 Å². The lowest BCUT2D eigenvalue weighted by molar-refractivity contribution is -0.139. The second-order valence-corrected chi connectivity index (χ2v) is 12.2. The first-order valence-electron chi connectivity index (χ1n) is 13.0. The van der Waals surface area contributed by atoms with Crippen molar-refractivity contribution in [1.29, 1.82) is 0 Å². The van der Waals surface area contributed by atoms with Crippen LogP contribution in [0.4, 0.5) is 5.69 Å². The molecule has 41 heavy (non-hydrogen) atoms. The fourth-order valence-corrected chi connectivity index (χ4v) is 5.67. The summed E-state index contributed by atoms with van der Waals surface area (Å²) in [5, 5.41) is 3.24. The van der Waals surface area contributed by atoms with E-state index in [0.29, 0.717) is 10.8 Å². The average Bonchev–Trinajstić information content (AvgIpc) is 2.94. The third-order valence-electron chi connectivity index (χ3n) is 6.41. The van der Waals surface area contributed by atoms with Gasteiger partial charge in [-0.25, -0.2) is 8.42 Å². The minimum Gasteiger partial charge on any atom is -0.493 e. The molecule has 11 heteroatoms. The van der Waals surface area contributed by atoms with Crippen LogP contribution in [0.5, 0.6) is 11.5 Å². The lowest BCUT2D eigenvalue weighted by atomic mass is 10.1. The highest BCUT2D eigenvalue weighted by atomic mass is 35.5. The van der Waals surface area contributed by atoms with Crippen molar-refractivity contribution in [2.24, 2.45) is 0 Å². The van der Waals surface area contributed by atoms with Crippen LogP contribution in [-0.2, 0) is 26.2 Å². The Kier molecular flexibility index (Phi) is 10.6. The Morgan fingerprint density at radius 2 is 1.51 bits per heavy atom. The number of methoxy groups -OCH3 is 2. The second-order valence-electron chi connectivity index (χ2n) is 9.85. The molecule has 1 atom stereocenters. The summed E-state index contributed by atoms with van der Waals surface area (Å²) in [7, 11) is -1.44. The minimum atomic E-state index is -4.29. The van der Waals surface area contributed by atoms with Crippen LogP contribution in [0.2, 0.25) is 5.02 Å². The van der Waals surface area contributed by atoms with Gasteiger partial charge in [0, 0.05) is 23.7 Å². The van der Waals surface area contributed by atoms with E-state index < -0.39 is 28.5 Å².